The predicted octanol–water partition coefficient (Wildman–Crippen LogP) is 5.27. The Balaban J connectivity index is 1.39. The van der Waals surface area contributed by atoms with E-state index in [1.165, 1.54) is 16.1 Å². The summed E-state index contributed by atoms with van der Waals surface area (Å²) in [6.45, 7) is 4.15. The van der Waals surface area contributed by atoms with Gasteiger partial charge in [-0.25, -0.2) is 0 Å². The van der Waals surface area contributed by atoms with Crippen molar-refractivity contribution in [2.75, 3.05) is 37.4 Å². The second-order valence-corrected chi connectivity index (χ2v) is 9.22. The number of nitrogens with one attached hydrogen (secondary N) is 1. The van der Waals surface area contributed by atoms with Crippen LogP contribution in [0.15, 0.2) is 70.0 Å². The number of hydrogen-bond donors (Lipinski definition) is 1. The molecule has 0 saturated carbocycles. The van der Waals surface area contributed by atoms with Crippen molar-refractivity contribution >= 4 is 29.0 Å². The minimum Gasteiger partial charge on any atom is -0.455 e. The highest BCUT2D eigenvalue weighted by Crippen LogP contribution is 2.29. The molecule has 0 aliphatic carbocycles. The zero-order chi connectivity index (χ0) is 21.8. The number of anilines is 2. The molecule has 0 unspecified atom stereocenters. The minimum absolute atomic E-state index is 0.224. The summed E-state index contributed by atoms with van der Waals surface area (Å²) in [5, 5.41) is 2.99. The number of likely N-dealkylation sites (N-methyl/N-ethyl adjacent to an activating group) is 1. The smallest absolute Gasteiger partial charge is 0.291 e. The van der Waals surface area contributed by atoms with Crippen molar-refractivity contribution in [3.05, 3.63) is 77.7 Å². The molecule has 162 valence electrons. The van der Waals surface area contributed by atoms with Gasteiger partial charge in [0.2, 0.25) is 0 Å². The standard InChI is InChI=1S/C25H29N3O2S/c1-18-9-10-19(15-23(18)28-14-13-20(16-28)27(2)3)26-25(29)24-12-11-21(30-24)17-31-22-7-5-4-6-8-22/h4-12,15,20H,13-14,16-17H2,1-3H3,(H,26,29)/t20-/m0/s1. The van der Waals surface area contributed by atoms with Crippen LogP contribution in [0.4, 0.5) is 11.4 Å². The molecule has 3 aromatic rings. The molecular formula is C25H29N3O2S. The van der Waals surface area contributed by atoms with Gasteiger partial charge in [0, 0.05) is 35.4 Å². The van der Waals surface area contributed by atoms with Gasteiger partial charge < -0.3 is 19.5 Å². The van der Waals surface area contributed by atoms with Crippen LogP contribution in [0.25, 0.3) is 0 Å². The fourth-order valence-corrected chi connectivity index (χ4v) is 4.67. The van der Waals surface area contributed by atoms with E-state index in [0.717, 1.165) is 31.0 Å². The molecule has 0 bridgehead atoms. The van der Waals surface area contributed by atoms with Crippen molar-refractivity contribution in [3.63, 3.8) is 0 Å². The fraction of sp³-hybridized carbons (Fsp3) is 0.320. The number of hydrogen-bond acceptors (Lipinski definition) is 5. The third kappa shape index (κ3) is 5.32. The molecule has 1 fully saturated rings. The first-order chi connectivity index (χ1) is 15.0. The Bertz CT molecular complexity index is 1030. The van der Waals surface area contributed by atoms with E-state index in [-0.39, 0.29) is 5.91 Å². The molecule has 1 saturated heterocycles. The van der Waals surface area contributed by atoms with Crippen LogP contribution in [0, 0.1) is 6.92 Å². The Kier molecular flexibility index (Phi) is 6.68. The summed E-state index contributed by atoms with van der Waals surface area (Å²) in [5.74, 6) is 1.59. The highest BCUT2D eigenvalue weighted by Gasteiger charge is 2.25. The summed E-state index contributed by atoms with van der Waals surface area (Å²) in [4.78, 5) is 18.6. The number of rotatable bonds is 7. The molecule has 6 heteroatoms. The number of carbonyl (C=O) groups excluding carboxylic acids is 1. The number of carbonyl (C=O) groups is 1. The van der Waals surface area contributed by atoms with E-state index in [2.05, 4.69) is 60.4 Å². The van der Waals surface area contributed by atoms with Crippen LogP contribution < -0.4 is 10.2 Å². The van der Waals surface area contributed by atoms with Crippen molar-refractivity contribution in [1.82, 2.24) is 4.90 Å². The first-order valence-electron chi connectivity index (χ1n) is 10.6. The lowest BCUT2D eigenvalue weighted by Gasteiger charge is -2.24. The van der Waals surface area contributed by atoms with Crippen LogP contribution in [-0.4, -0.2) is 44.0 Å². The highest BCUT2D eigenvalue weighted by atomic mass is 32.2. The summed E-state index contributed by atoms with van der Waals surface area (Å²) in [7, 11) is 4.27. The average Bonchev–Trinajstić information content (AvgIpc) is 3.44. The Morgan fingerprint density at radius 3 is 2.71 bits per heavy atom. The van der Waals surface area contributed by atoms with E-state index in [0.29, 0.717) is 17.6 Å². The molecule has 0 radical (unpaired) electrons. The molecule has 31 heavy (non-hydrogen) atoms. The van der Waals surface area contributed by atoms with Gasteiger partial charge in [0.1, 0.15) is 5.76 Å². The molecule has 1 aromatic heterocycles. The van der Waals surface area contributed by atoms with Crippen LogP contribution in [0.1, 0.15) is 28.3 Å². The molecule has 2 aromatic carbocycles. The summed E-state index contributed by atoms with van der Waals surface area (Å²) in [6.07, 6.45) is 1.15. The molecule has 4 rings (SSSR count). The second kappa shape index (κ2) is 9.62. The summed E-state index contributed by atoms with van der Waals surface area (Å²) in [6, 6.07) is 20.4. The van der Waals surface area contributed by atoms with E-state index in [1.54, 1.807) is 17.8 Å². The summed E-state index contributed by atoms with van der Waals surface area (Å²) in [5.41, 5.74) is 3.19. The van der Waals surface area contributed by atoms with E-state index in [9.17, 15) is 4.79 Å². The summed E-state index contributed by atoms with van der Waals surface area (Å²) < 4.78 is 5.78. The Hall–Kier alpha value is -2.70. The largest absolute Gasteiger partial charge is 0.455 e. The maximum atomic E-state index is 12.7. The topological polar surface area (TPSA) is 48.7 Å². The van der Waals surface area contributed by atoms with Gasteiger partial charge in [-0.2, -0.15) is 0 Å². The lowest BCUT2D eigenvalue weighted by atomic mass is 10.1. The van der Waals surface area contributed by atoms with E-state index in [4.69, 9.17) is 4.42 Å². The van der Waals surface area contributed by atoms with Gasteiger partial charge in [0.15, 0.2) is 5.76 Å². The third-order valence-corrected chi connectivity index (χ3v) is 6.75. The molecule has 1 aliphatic rings. The van der Waals surface area contributed by atoms with Crippen LogP contribution in [-0.2, 0) is 5.75 Å². The van der Waals surface area contributed by atoms with Gasteiger partial charge >= 0.3 is 0 Å². The molecule has 1 amide bonds. The molecule has 2 heterocycles. The van der Waals surface area contributed by atoms with E-state index >= 15 is 0 Å². The molecule has 1 atom stereocenters. The molecular weight excluding hydrogens is 406 g/mol. The van der Waals surface area contributed by atoms with Gasteiger partial charge in [-0.15, -0.1) is 11.8 Å². The van der Waals surface area contributed by atoms with Crippen molar-refractivity contribution in [2.45, 2.75) is 30.0 Å². The maximum Gasteiger partial charge on any atom is 0.291 e. The molecule has 5 nitrogen and oxygen atoms in total. The fourth-order valence-electron chi connectivity index (χ4n) is 3.85. The highest BCUT2D eigenvalue weighted by molar-refractivity contribution is 7.98. The van der Waals surface area contributed by atoms with Crippen LogP contribution in [0.2, 0.25) is 0 Å². The first kappa shape index (κ1) is 21.5. The zero-order valence-corrected chi connectivity index (χ0v) is 19.1. The first-order valence-corrected chi connectivity index (χ1v) is 11.6. The number of aryl methyl sites for hydroxylation is 1. The monoisotopic (exact) mass is 435 g/mol. The Morgan fingerprint density at radius 2 is 1.97 bits per heavy atom. The molecule has 1 aliphatic heterocycles. The van der Waals surface area contributed by atoms with Crippen LogP contribution in [0.5, 0.6) is 0 Å². The van der Waals surface area contributed by atoms with Gasteiger partial charge in [0.25, 0.3) is 5.91 Å². The second-order valence-electron chi connectivity index (χ2n) is 8.18. The summed E-state index contributed by atoms with van der Waals surface area (Å²) >= 11 is 1.69. The number of furan rings is 1. The van der Waals surface area contributed by atoms with E-state index in [1.807, 2.05) is 30.3 Å². The average molecular weight is 436 g/mol. The van der Waals surface area contributed by atoms with E-state index < -0.39 is 0 Å². The maximum absolute atomic E-state index is 12.7. The molecule has 0 spiro atoms. The SMILES string of the molecule is Cc1ccc(NC(=O)c2ccc(CSc3ccccc3)o2)cc1N1CC[C@H](N(C)C)C1. The normalized spacial score (nSPS) is 16.1. The minimum atomic E-state index is -0.224. The lowest BCUT2D eigenvalue weighted by molar-refractivity contribution is 0.0995. The van der Waals surface area contributed by atoms with Crippen molar-refractivity contribution < 1.29 is 9.21 Å². The number of amides is 1. The van der Waals surface area contributed by atoms with Gasteiger partial charge in [0.05, 0.1) is 5.75 Å². The van der Waals surface area contributed by atoms with Crippen molar-refractivity contribution in [1.29, 1.82) is 0 Å². The van der Waals surface area contributed by atoms with Crippen molar-refractivity contribution in [3.8, 4) is 0 Å². The Labute approximate surface area is 188 Å². The molecule has 1 N–H and O–H groups in total. The van der Waals surface area contributed by atoms with Gasteiger partial charge in [-0.3, -0.25) is 4.79 Å². The third-order valence-electron chi connectivity index (χ3n) is 5.71. The Morgan fingerprint density at radius 1 is 1.16 bits per heavy atom. The quantitative estimate of drug-likeness (QED) is 0.512. The number of nitrogens with zero attached hydrogens (tertiary/aromatic N) is 2. The van der Waals surface area contributed by atoms with Crippen molar-refractivity contribution in [2.24, 2.45) is 0 Å². The zero-order valence-electron chi connectivity index (χ0n) is 18.3. The van der Waals surface area contributed by atoms with Gasteiger partial charge in [-0.05, 0) is 69.4 Å². The van der Waals surface area contributed by atoms with Crippen LogP contribution in [0.3, 0.4) is 0 Å². The number of thioether (sulfide) groups is 1. The lowest BCUT2D eigenvalue weighted by Crippen LogP contribution is -2.31. The number of benzene rings is 2. The van der Waals surface area contributed by atoms with Crippen LogP contribution >= 0.6 is 11.8 Å². The predicted molar refractivity (Wildman–Crippen MR) is 128 cm³/mol. The van der Waals surface area contributed by atoms with Gasteiger partial charge in [-0.1, -0.05) is 24.3 Å².